The molecular formula is C16H19N3O3S2. The van der Waals surface area contributed by atoms with Gasteiger partial charge in [-0.3, -0.25) is 9.78 Å². The molecule has 128 valence electrons. The fourth-order valence-electron chi connectivity index (χ4n) is 2.74. The van der Waals surface area contributed by atoms with Crippen molar-refractivity contribution in [1.29, 1.82) is 0 Å². The minimum absolute atomic E-state index is 0.0679. The molecule has 1 fully saturated rings. The lowest BCUT2D eigenvalue weighted by Crippen LogP contribution is -2.41. The fraction of sp³-hybridized carbons (Fsp3) is 0.375. The lowest BCUT2D eigenvalue weighted by Gasteiger charge is -2.31. The molecule has 0 aromatic carbocycles. The van der Waals surface area contributed by atoms with E-state index in [1.165, 1.54) is 21.8 Å². The number of rotatable bonds is 5. The molecule has 8 heteroatoms. The highest BCUT2D eigenvalue weighted by Crippen LogP contribution is 2.23. The maximum atomic E-state index is 12.5. The Bertz CT molecular complexity index is 768. The zero-order chi connectivity index (χ0) is 17.0. The number of nitrogens with one attached hydrogen (secondary N) is 1. The quantitative estimate of drug-likeness (QED) is 0.879. The number of amides is 1. The first-order valence-corrected chi connectivity index (χ1v) is 10.2. The first-order valence-electron chi connectivity index (χ1n) is 7.78. The van der Waals surface area contributed by atoms with Crippen LogP contribution in [-0.2, 0) is 10.0 Å². The van der Waals surface area contributed by atoms with Crippen molar-refractivity contribution in [2.24, 2.45) is 5.92 Å². The molecule has 1 aliphatic heterocycles. The average Bonchev–Trinajstić information content (AvgIpc) is 3.15. The molecule has 24 heavy (non-hydrogen) atoms. The van der Waals surface area contributed by atoms with E-state index < -0.39 is 10.0 Å². The highest BCUT2D eigenvalue weighted by molar-refractivity contribution is 7.89. The van der Waals surface area contributed by atoms with Crippen LogP contribution in [0.4, 0.5) is 0 Å². The van der Waals surface area contributed by atoms with Crippen LogP contribution in [0.1, 0.15) is 23.2 Å². The molecule has 2 aromatic heterocycles. The smallest absolute Gasteiger partial charge is 0.252 e. The summed E-state index contributed by atoms with van der Waals surface area (Å²) in [6, 6.07) is 4.98. The van der Waals surface area contributed by atoms with Crippen LogP contribution in [0.25, 0.3) is 0 Å². The molecule has 2 aromatic rings. The Kier molecular flexibility index (Phi) is 5.27. The summed E-state index contributed by atoms with van der Waals surface area (Å²) < 4.78 is 26.6. The van der Waals surface area contributed by atoms with Gasteiger partial charge in [0.2, 0.25) is 10.0 Å². The normalized spacial score (nSPS) is 16.8. The lowest BCUT2D eigenvalue weighted by atomic mass is 9.98. The Labute approximate surface area is 145 Å². The zero-order valence-corrected chi connectivity index (χ0v) is 14.7. The summed E-state index contributed by atoms with van der Waals surface area (Å²) in [6.07, 6.45) is 4.41. The number of piperidine rings is 1. The molecule has 0 saturated carbocycles. The molecule has 6 nitrogen and oxygen atoms in total. The van der Waals surface area contributed by atoms with Crippen molar-refractivity contribution in [3.63, 3.8) is 0 Å². The van der Waals surface area contributed by atoms with Crippen molar-refractivity contribution in [2.75, 3.05) is 19.6 Å². The lowest BCUT2D eigenvalue weighted by molar-refractivity contribution is 0.0942. The van der Waals surface area contributed by atoms with Crippen LogP contribution >= 0.6 is 11.3 Å². The Morgan fingerprint density at radius 2 is 2.12 bits per heavy atom. The van der Waals surface area contributed by atoms with E-state index in [4.69, 9.17) is 0 Å². The molecular weight excluding hydrogens is 346 g/mol. The van der Waals surface area contributed by atoms with Crippen molar-refractivity contribution in [3.05, 3.63) is 46.9 Å². The van der Waals surface area contributed by atoms with E-state index in [1.807, 2.05) is 10.8 Å². The van der Waals surface area contributed by atoms with Crippen molar-refractivity contribution in [2.45, 2.75) is 17.7 Å². The third kappa shape index (κ3) is 3.82. The fourth-order valence-corrected chi connectivity index (χ4v) is 4.81. The molecule has 0 bridgehead atoms. The van der Waals surface area contributed by atoms with E-state index in [9.17, 15) is 13.2 Å². The second-order valence-electron chi connectivity index (χ2n) is 5.76. The number of nitrogens with zero attached hydrogens (tertiary/aromatic N) is 2. The first kappa shape index (κ1) is 17.1. The Morgan fingerprint density at radius 1 is 1.33 bits per heavy atom. The van der Waals surface area contributed by atoms with Gasteiger partial charge in [-0.05, 0) is 42.3 Å². The van der Waals surface area contributed by atoms with Gasteiger partial charge in [-0.1, -0.05) is 0 Å². The van der Waals surface area contributed by atoms with Gasteiger partial charge < -0.3 is 5.32 Å². The maximum absolute atomic E-state index is 12.5. The summed E-state index contributed by atoms with van der Waals surface area (Å²) in [5.74, 6) is 0.231. The minimum atomic E-state index is -3.47. The number of thiophene rings is 1. The monoisotopic (exact) mass is 365 g/mol. The van der Waals surface area contributed by atoms with Gasteiger partial charge in [-0.25, -0.2) is 8.42 Å². The molecule has 0 radical (unpaired) electrons. The van der Waals surface area contributed by atoms with Gasteiger partial charge in [0, 0.05) is 43.0 Å². The zero-order valence-electron chi connectivity index (χ0n) is 13.1. The van der Waals surface area contributed by atoms with Gasteiger partial charge in [0.25, 0.3) is 5.91 Å². The molecule has 3 heterocycles. The van der Waals surface area contributed by atoms with Crippen molar-refractivity contribution in [3.8, 4) is 0 Å². The van der Waals surface area contributed by atoms with Crippen LogP contribution in [-0.4, -0.2) is 43.2 Å². The van der Waals surface area contributed by atoms with Gasteiger partial charge in [0.05, 0.1) is 0 Å². The summed E-state index contributed by atoms with van der Waals surface area (Å²) in [7, 11) is -3.47. The summed E-state index contributed by atoms with van der Waals surface area (Å²) >= 11 is 1.49. The van der Waals surface area contributed by atoms with Gasteiger partial charge in [-0.2, -0.15) is 15.6 Å². The molecule has 1 aliphatic rings. The molecule has 1 saturated heterocycles. The van der Waals surface area contributed by atoms with E-state index in [2.05, 4.69) is 10.3 Å². The van der Waals surface area contributed by atoms with E-state index in [-0.39, 0.29) is 10.8 Å². The second-order valence-corrected chi connectivity index (χ2v) is 8.48. The SMILES string of the molecule is O=C(NCC1CCN(S(=O)(=O)c2cccnc2)CC1)c1ccsc1. The molecule has 1 N–H and O–H groups in total. The predicted molar refractivity (Wildman–Crippen MR) is 92.4 cm³/mol. The summed E-state index contributed by atoms with van der Waals surface area (Å²) in [6.45, 7) is 1.52. The van der Waals surface area contributed by atoms with E-state index in [0.717, 1.165) is 12.8 Å². The van der Waals surface area contributed by atoms with E-state index in [0.29, 0.717) is 31.1 Å². The summed E-state index contributed by atoms with van der Waals surface area (Å²) in [5.41, 5.74) is 0.677. The molecule has 0 unspecified atom stereocenters. The molecule has 1 amide bonds. The van der Waals surface area contributed by atoms with Crippen LogP contribution in [0.5, 0.6) is 0 Å². The number of carbonyl (C=O) groups excluding carboxylic acids is 1. The van der Waals surface area contributed by atoms with E-state index >= 15 is 0 Å². The Balaban J connectivity index is 1.52. The minimum Gasteiger partial charge on any atom is -0.352 e. The highest BCUT2D eigenvalue weighted by atomic mass is 32.2. The molecule has 0 aliphatic carbocycles. The largest absolute Gasteiger partial charge is 0.352 e. The summed E-state index contributed by atoms with van der Waals surface area (Å²) in [5, 5.41) is 6.62. The van der Waals surface area contributed by atoms with Crippen molar-refractivity contribution < 1.29 is 13.2 Å². The van der Waals surface area contributed by atoms with Crippen molar-refractivity contribution in [1.82, 2.24) is 14.6 Å². The third-order valence-corrected chi connectivity index (χ3v) is 6.75. The number of carbonyl (C=O) groups is 1. The number of pyridine rings is 1. The standard InChI is InChI=1S/C16H19N3O3S2/c20-16(14-5-9-23-12-14)18-10-13-3-7-19(8-4-13)24(21,22)15-2-1-6-17-11-15/h1-2,5-6,9,11-13H,3-4,7-8,10H2,(H,18,20). The van der Waals surface area contributed by atoms with Gasteiger partial charge in [0.15, 0.2) is 0 Å². The number of hydrogen-bond donors (Lipinski definition) is 1. The second kappa shape index (κ2) is 7.42. The van der Waals surface area contributed by atoms with Gasteiger partial charge in [0.1, 0.15) is 4.90 Å². The molecule has 3 rings (SSSR count). The predicted octanol–water partition coefficient (Wildman–Crippen LogP) is 1.97. The number of aromatic nitrogens is 1. The van der Waals surface area contributed by atoms with Crippen LogP contribution in [0.2, 0.25) is 0 Å². The Hall–Kier alpha value is -1.77. The van der Waals surface area contributed by atoms with E-state index in [1.54, 1.807) is 24.4 Å². The van der Waals surface area contributed by atoms with Gasteiger partial charge >= 0.3 is 0 Å². The number of hydrogen-bond acceptors (Lipinski definition) is 5. The van der Waals surface area contributed by atoms with Crippen LogP contribution < -0.4 is 5.32 Å². The third-order valence-electron chi connectivity index (χ3n) is 4.18. The van der Waals surface area contributed by atoms with Crippen LogP contribution in [0, 0.1) is 5.92 Å². The molecule has 0 spiro atoms. The topological polar surface area (TPSA) is 79.4 Å². The Morgan fingerprint density at radius 3 is 2.75 bits per heavy atom. The average molecular weight is 365 g/mol. The molecule has 0 atom stereocenters. The summed E-state index contributed by atoms with van der Waals surface area (Å²) in [4.78, 5) is 16.1. The van der Waals surface area contributed by atoms with Crippen molar-refractivity contribution >= 4 is 27.3 Å². The highest BCUT2D eigenvalue weighted by Gasteiger charge is 2.29. The van der Waals surface area contributed by atoms with Gasteiger partial charge in [-0.15, -0.1) is 0 Å². The number of sulfonamides is 1. The van der Waals surface area contributed by atoms with Crippen LogP contribution in [0.3, 0.4) is 0 Å². The maximum Gasteiger partial charge on any atom is 0.252 e. The first-order chi connectivity index (χ1) is 11.6. The van der Waals surface area contributed by atoms with Crippen LogP contribution in [0.15, 0.2) is 46.2 Å².